The highest BCUT2D eigenvalue weighted by Gasteiger charge is 2.28. The number of benzene rings is 1. The van der Waals surface area contributed by atoms with Crippen LogP contribution in [0.2, 0.25) is 5.02 Å². The van der Waals surface area contributed by atoms with Gasteiger partial charge in [-0.1, -0.05) is 40.3 Å². The molecule has 4 rings (SSSR count). The fourth-order valence-electron chi connectivity index (χ4n) is 5.00. The Labute approximate surface area is 240 Å². The van der Waals surface area contributed by atoms with E-state index >= 15 is 0 Å². The number of hydrogen-bond donors (Lipinski definition) is 1. The first-order chi connectivity index (χ1) is 18.0. The quantitative estimate of drug-likeness (QED) is 0.133. The lowest BCUT2D eigenvalue weighted by Gasteiger charge is -2.22. The fraction of sp³-hybridized carbons (Fsp3) is 0.520. The number of aryl methyl sites for hydroxylation is 3. The van der Waals surface area contributed by atoms with Crippen molar-refractivity contribution in [2.75, 3.05) is 19.5 Å². The molecule has 1 atom stereocenters. The first-order valence-electron chi connectivity index (χ1n) is 12.2. The summed E-state index contributed by atoms with van der Waals surface area (Å²) in [5, 5.41) is 16.1. The molecule has 0 bridgehead atoms. The summed E-state index contributed by atoms with van der Waals surface area (Å²) in [4.78, 5) is 12.4. The number of alkyl halides is 1. The van der Waals surface area contributed by atoms with Crippen molar-refractivity contribution < 1.29 is 32.0 Å². The topological polar surface area (TPSA) is 122 Å². The Kier molecular flexibility index (Phi) is 9.41. The lowest BCUT2D eigenvalue weighted by atomic mass is 9.98. The molecule has 1 N–H and O–H groups in total. The fourth-order valence-corrected chi connectivity index (χ4v) is 6.54. The number of halogens is 2. The zero-order valence-corrected chi connectivity index (χ0v) is 25.2. The number of carboxylic acid groups (broad SMARTS) is 1. The van der Waals surface area contributed by atoms with E-state index in [1.54, 1.807) is 17.7 Å². The molecule has 0 saturated carbocycles. The summed E-state index contributed by atoms with van der Waals surface area (Å²) >= 11 is 9.11. The smallest absolute Gasteiger partial charge is 0.352 e. The van der Waals surface area contributed by atoms with E-state index in [-0.39, 0.29) is 25.2 Å². The highest BCUT2D eigenvalue weighted by Crippen LogP contribution is 2.42. The molecule has 1 fully saturated rings. The number of ether oxygens (including phenoxy) is 2. The van der Waals surface area contributed by atoms with Crippen molar-refractivity contribution in [1.82, 2.24) is 14.3 Å². The second-order valence-electron chi connectivity index (χ2n) is 9.27. The second-order valence-corrected chi connectivity index (χ2v) is 12.1. The molecule has 0 amide bonds. The summed E-state index contributed by atoms with van der Waals surface area (Å²) in [6.07, 6.45) is 4.23. The van der Waals surface area contributed by atoms with Crippen LogP contribution in [0.5, 0.6) is 0 Å². The van der Waals surface area contributed by atoms with E-state index in [1.165, 1.54) is 0 Å². The van der Waals surface area contributed by atoms with Crippen LogP contribution < -0.4 is 0 Å². The van der Waals surface area contributed by atoms with Crippen molar-refractivity contribution in [2.24, 2.45) is 14.1 Å². The monoisotopic (exact) mass is 679 g/mol. The molecule has 38 heavy (non-hydrogen) atoms. The van der Waals surface area contributed by atoms with Gasteiger partial charge in [-0.2, -0.15) is 13.5 Å². The Morgan fingerprint density at radius 3 is 2.68 bits per heavy atom. The lowest BCUT2D eigenvalue weighted by Crippen LogP contribution is -2.22. The molecule has 2 aromatic heterocycles. The minimum Gasteiger partial charge on any atom is -0.477 e. The highest BCUT2D eigenvalue weighted by molar-refractivity contribution is 14.1. The Morgan fingerprint density at radius 1 is 1.29 bits per heavy atom. The summed E-state index contributed by atoms with van der Waals surface area (Å²) in [6, 6.07) is 3.58. The van der Waals surface area contributed by atoms with Gasteiger partial charge in [-0.25, -0.2) is 4.79 Å². The molecule has 1 aliphatic rings. The Balaban J connectivity index is 1.82. The Hall–Kier alpha value is -1.71. The van der Waals surface area contributed by atoms with E-state index in [0.717, 1.165) is 42.2 Å². The Bertz CT molecular complexity index is 1450. The number of nitrogens with zero attached hydrogens (tertiary/aromatic N) is 3. The van der Waals surface area contributed by atoms with Gasteiger partial charge in [-0.3, -0.25) is 8.86 Å². The molecule has 1 saturated heterocycles. The number of aromatic nitrogens is 3. The maximum atomic E-state index is 12.4. The SMILES string of the molecule is Cn1nc(COC2CCCCO2)c(-c2c(Cl)ccc3c(CCCOS(C)(=O)=O)c(C(=O)O)n(C)c23)c1CI. The second kappa shape index (κ2) is 12.2. The molecule has 13 heteroatoms. The molecule has 1 aliphatic heterocycles. The van der Waals surface area contributed by atoms with E-state index in [9.17, 15) is 18.3 Å². The van der Waals surface area contributed by atoms with E-state index in [2.05, 4.69) is 22.6 Å². The average molecular weight is 680 g/mol. The summed E-state index contributed by atoms with van der Waals surface area (Å²) in [5.74, 6) is -1.08. The van der Waals surface area contributed by atoms with E-state index in [4.69, 9.17) is 30.4 Å². The minimum atomic E-state index is -3.58. The van der Waals surface area contributed by atoms with Crippen molar-refractivity contribution in [1.29, 1.82) is 0 Å². The van der Waals surface area contributed by atoms with Crippen LogP contribution in [-0.4, -0.2) is 59.6 Å². The van der Waals surface area contributed by atoms with Gasteiger partial charge in [-0.15, -0.1) is 0 Å². The van der Waals surface area contributed by atoms with Crippen LogP contribution in [0.4, 0.5) is 0 Å². The summed E-state index contributed by atoms with van der Waals surface area (Å²) in [6.45, 7) is 0.854. The zero-order chi connectivity index (χ0) is 27.6. The molecular weight excluding hydrogens is 649 g/mol. The molecule has 3 heterocycles. The van der Waals surface area contributed by atoms with Crippen LogP contribution in [0.25, 0.3) is 22.0 Å². The summed E-state index contributed by atoms with van der Waals surface area (Å²) in [5.41, 5.74) is 4.53. The predicted molar refractivity (Wildman–Crippen MR) is 152 cm³/mol. The molecule has 3 aromatic rings. The van der Waals surface area contributed by atoms with Crippen molar-refractivity contribution >= 4 is 61.2 Å². The van der Waals surface area contributed by atoms with Crippen molar-refractivity contribution in [3.63, 3.8) is 0 Å². The van der Waals surface area contributed by atoms with Crippen LogP contribution in [0.1, 0.15) is 53.1 Å². The van der Waals surface area contributed by atoms with E-state index in [0.29, 0.717) is 51.2 Å². The van der Waals surface area contributed by atoms with Crippen LogP contribution in [-0.2, 0) is 55.3 Å². The van der Waals surface area contributed by atoms with Gasteiger partial charge >= 0.3 is 5.97 Å². The summed E-state index contributed by atoms with van der Waals surface area (Å²) < 4.78 is 43.5. The Morgan fingerprint density at radius 2 is 2.05 bits per heavy atom. The molecule has 0 aliphatic carbocycles. The predicted octanol–water partition coefficient (Wildman–Crippen LogP) is 4.82. The highest BCUT2D eigenvalue weighted by atomic mass is 127. The molecular formula is C25H31ClIN3O7S. The van der Waals surface area contributed by atoms with Crippen LogP contribution in [0, 0.1) is 0 Å². The zero-order valence-electron chi connectivity index (χ0n) is 21.5. The van der Waals surface area contributed by atoms with Gasteiger partial charge in [0.15, 0.2) is 6.29 Å². The van der Waals surface area contributed by atoms with E-state index < -0.39 is 16.1 Å². The summed E-state index contributed by atoms with van der Waals surface area (Å²) in [7, 11) is -0.0136. The van der Waals surface area contributed by atoms with Gasteiger partial charge < -0.3 is 19.1 Å². The van der Waals surface area contributed by atoms with Gasteiger partial charge in [-0.05, 0) is 43.7 Å². The van der Waals surface area contributed by atoms with Gasteiger partial charge in [0.25, 0.3) is 10.1 Å². The maximum Gasteiger partial charge on any atom is 0.352 e. The third kappa shape index (κ3) is 6.20. The number of fused-ring (bicyclic) bond motifs is 1. The number of carboxylic acids is 1. The minimum absolute atomic E-state index is 0.0406. The third-order valence-corrected chi connectivity index (χ3v) is 8.27. The van der Waals surface area contributed by atoms with Crippen molar-refractivity contribution in [3.05, 3.63) is 39.8 Å². The number of hydrogen-bond acceptors (Lipinski definition) is 7. The first kappa shape index (κ1) is 29.3. The normalized spacial score (nSPS) is 16.4. The van der Waals surface area contributed by atoms with Gasteiger partial charge in [0.05, 0.1) is 41.4 Å². The molecule has 10 nitrogen and oxygen atoms in total. The van der Waals surface area contributed by atoms with Gasteiger partial charge in [0, 0.05) is 41.6 Å². The molecule has 0 radical (unpaired) electrons. The average Bonchev–Trinajstić information content (AvgIpc) is 3.33. The van der Waals surface area contributed by atoms with Crippen LogP contribution in [0.15, 0.2) is 12.1 Å². The largest absolute Gasteiger partial charge is 0.477 e. The van der Waals surface area contributed by atoms with Crippen LogP contribution >= 0.6 is 34.2 Å². The molecule has 1 aromatic carbocycles. The van der Waals surface area contributed by atoms with Crippen molar-refractivity contribution in [2.45, 2.75) is 49.4 Å². The van der Waals surface area contributed by atoms with Gasteiger partial charge in [0.2, 0.25) is 0 Å². The standard InChI is InChI=1S/C25H31ClIN3O7S/c1-29-23-16(15(24(29)25(31)32)7-6-12-37-38(3,33)34)9-10-17(26)21(23)22-18(28-30(2)19(22)13-27)14-36-20-8-4-5-11-35-20/h9-10,20H,4-8,11-14H2,1-3H3,(H,31,32). The lowest BCUT2D eigenvalue weighted by molar-refractivity contribution is -0.169. The van der Waals surface area contributed by atoms with Gasteiger partial charge in [0.1, 0.15) is 5.69 Å². The number of carbonyl (C=O) groups is 1. The third-order valence-electron chi connectivity index (χ3n) is 6.64. The number of aromatic carboxylic acids is 1. The first-order valence-corrected chi connectivity index (χ1v) is 16.0. The molecule has 208 valence electrons. The van der Waals surface area contributed by atoms with Crippen LogP contribution in [0.3, 0.4) is 0 Å². The molecule has 1 unspecified atom stereocenters. The maximum absolute atomic E-state index is 12.4. The van der Waals surface area contributed by atoms with E-state index in [1.807, 2.05) is 17.8 Å². The van der Waals surface area contributed by atoms with Crippen molar-refractivity contribution in [3.8, 4) is 11.1 Å². The molecule has 0 spiro atoms. The number of rotatable bonds is 11.